The van der Waals surface area contributed by atoms with Crippen molar-refractivity contribution in [1.29, 1.82) is 0 Å². The summed E-state index contributed by atoms with van der Waals surface area (Å²) in [4.78, 5) is 0. The third-order valence-electron chi connectivity index (χ3n) is 3.72. The first-order valence-corrected chi connectivity index (χ1v) is 6.72. The lowest BCUT2D eigenvalue weighted by atomic mass is 9.64. The first-order valence-electron chi connectivity index (χ1n) is 6.35. The monoisotopic (exact) mass is 265 g/mol. The van der Waals surface area contributed by atoms with Crippen molar-refractivity contribution in [3.63, 3.8) is 0 Å². The molecule has 0 amide bonds. The molecule has 0 aliphatic heterocycles. The Balaban J connectivity index is 2.16. The van der Waals surface area contributed by atoms with E-state index in [4.69, 9.17) is 22.1 Å². The lowest BCUT2D eigenvalue weighted by molar-refractivity contribution is 0.252. The number of halogens is 1. The molecule has 1 saturated carbocycles. The van der Waals surface area contributed by atoms with E-state index in [1.807, 2.05) is 19.1 Å². The maximum absolute atomic E-state index is 6.26. The third-order valence-corrected chi connectivity index (χ3v) is 4.02. The minimum absolute atomic E-state index is 0.149. The van der Waals surface area contributed by atoms with E-state index in [-0.39, 0.29) is 5.41 Å². The summed E-state index contributed by atoms with van der Waals surface area (Å²) in [7, 11) is 0. The Kier molecular flexibility index (Phi) is 3.98. The molecule has 0 bridgehead atoms. The van der Waals surface area contributed by atoms with E-state index in [0.717, 1.165) is 24.2 Å². The van der Waals surface area contributed by atoms with Crippen molar-refractivity contribution in [1.82, 2.24) is 0 Å². The standard InChI is InChI=1S/C15H20ClNO/c1-11(2)9-18-14-5-4-12(8-13(14)16)15(10-17)6-3-7-15/h4-5,8H,1,3,6-7,9-10,17H2,2H3. The molecule has 18 heavy (non-hydrogen) atoms. The van der Waals surface area contributed by atoms with Crippen molar-refractivity contribution in [2.24, 2.45) is 5.73 Å². The van der Waals surface area contributed by atoms with Gasteiger partial charge in [0.2, 0.25) is 0 Å². The molecule has 0 aromatic heterocycles. The van der Waals surface area contributed by atoms with Gasteiger partial charge in [0.25, 0.3) is 0 Å². The molecule has 2 nitrogen and oxygen atoms in total. The van der Waals surface area contributed by atoms with Crippen LogP contribution in [0.1, 0.15) is 31.7 Å². The minimum Gasteiger partial charge on any atom is -0.488 e. The van der Waals surface area contributed by atoms with E-state index in [2.05, 4.69) is 12.6 Å². The van der Waals surface area contributed by atoms with E-state index < -0.39 is 0 Å². The fourth-order valence-electron chi connectivity index (χ4n) is 2.36. The van der Waals surface area contributed by atoms with Gasteiger partial charge in [-0.05, 0) is 43.0 Å². The van der Waals surface area contributed by atoms with E-state index in [1.54, 1.807) is 0 Å². The largest absolute Gasteiger partial charge is 0.488 e. The van der Waals surface area contributed by atoms with Crippen LogP contribution in [0.3, 0.4) is 0 Å². The number of hydrogen-bond acceptors (Lipinski definition) is 2. The van der Waals surface area contributed by atoms with E-state index in [9.17, 15) is 0 Å². The maximum Gasteiger partial charge on any atom is 0.138 e. The first kappa shape index (κ1) is 13.4. The number of hydrogen-bond donors (Lipinski definition) is 1. The SMILES string of the molecule is C=C(C)COc1ccc(C2(CN)CCC2)cc1Cl. The van der Waals surface area contributed by atoms with Crippen LogP contribution in [0.4, 0.5) is 0 Å². The van der Waals surface area contributed by atoms with Crippen LogP contribution < -0.4 is 10.5 Å². The first-order chi connectivity index (χ1) is 8.57. The Morgan fingerprint density at radius 2 is 2.22 bits per heavy atom. The summed E-state index contributed by atoms with van der Waals surface area (Å²) < 4.78 is 5.59. The van der Waals surface area contributed by atoms with Gasteiger partial charge in [0.05, 0.1) is 5.02 Å². The highest BCUT2D eigenvalue weighted by atomic mass is 35.5. The van der Waals surface area contributed by atoms with Gasteiger partial charge in [0.15, 0.2) is 0 Å². The van der Waals surface area contributed by atoms with Crippen molar-refractivity contribution in [3.05, 3.63) is 40.9 Å². The number of ether oxygens (including phenoxy) is 1. The molecule has 98 valence electrons. The predicted molar refractivity (Wildman–Crippen MR) is 76.3 cm³/mol. The Labute approximate surface area is 114 Å². The lowest BCUT2D eigenvalue weighted by Gasteiger charge is -2.41. The van der Waals surface area contributed by atoms with Crippen LogP contribution in [-0.2, 0) is 5.41 Å². The molecular weight excluding hydrogens is 246 g/mol. The molecule has 2 N–H and O–H groups in total. The van der Waals surface area contributed by atoms with Crippen LogP contribution in [0.2, 0.25) is 5.02 Å². The van der Waals surface area contributed by atoms with Gasteiger partial charge in [0, 0.05) is 12.0 Å². The van der Waals surface area contributed by atoms with Crippen molar-refractivity contribution in [2.75, 3.05) is 13.2 Å². The fraction of sp³-hybridized carbons (Fsp3) is 0.467. The predicted octanol–water partition coefficient (Wildman–Crippen LogP) is 3.68. The van der Waals surface area contributed by atoms with Gasteiger partial charge in [-0.3, -0.25) is 0 Å². The van der Waals surface area contributed by atoms with Gasteiger partial charge in [-0.2, -0.15) is 0 Å². The van der Waals surface area contributed by atoms with Crippen LogP contribution in [0, 0.1) is 0 Å². The Morgan fingerprint density at radius 1 is 1.50 bits per heavy atom. The highest BCUT2D eigenvalue weighted by molar-refractivity contribution is 6.32. The summed E-state index contributed by atoms with van der Waals surface area (Å²) in [6, 6.07) is 6.03. The zero-order valence-corrected chi connectivity index (χ0v) is 11.6. The Hall–Kier alpha value is -0.990. The minimum atomic E-state index is 0.149. The third kappa shape index (κ3) is 2.55. The number of rotatable bonds is 5. The fourth-order valence-corrected chi connectivity index (χ4v) is 2.60. The van der Waals surface area contributed by atoms with Crippen LogP contribution in [0.25, 0.3) is 0 Å². The quantitative estimate of drug-likeness (QED) is 0.825. The summed E-state index contributed by atoms with van der Waals surface area (Å²) in [5, 5.41) is 0.661. The second-order valence-electron chi connectivity index (χ2n) is 5.23. The number of benzene rings is 1. The summed E-state index contributed by atoms with van der Waals surface area (Å²) in [6.45, 7) is 6.93. The second kappa shape index (κ2) is 5.33. The highest BCUT2D eigenvalue weighted by Gasteiger charge is 2.37. The molecular formula is C15H20ClNO. The van der Waals surface area contributed by atoms with E-state index >= 15 is 0 Å². The normalized spacial score (nSPS) is 17.1. The second-order valence-corrected chi connectivity index (χ2v) is 5.64. The molecule has 0 unspecified atom stereocenters. The molecule has 3 heteroatoms. The maximum atomic E-state index is 6.26. The van der Waals surface area contributed by atoms with Crippen LogP contribution in [0.5, 0.6) is 5.75 Å². The molecule has 0 atom stereocenters. The molecule has 1 fully saturated rings. The molecule has 0 saturated heterocycles. The molecule has 0 heterocycles. The van der Waals surface area contributed by atoms with Crippen LogP contribution in [-0.4, -0.2) is 13.2 Å². The van der Waals surface area contributed by atoms with Crippen molar-refractivity contribution in [3.8, 4) is 5.75 Å². The lowest BCUT2D eigenvalue weighted by Crippen LogP contribution is -2.41. The molecule has 1 aromatic rings. The summed E-state index contributed by atoms with van der Waals surface area (Å²) in [5.74, 6) is 0.718. The zero-order valence-electron chi connectivity index (χ0n) is 10.8. The van der Waals surface area contributed by atoms with Crippen molar-refractivity contribution >= 4 is 11.6 Å². The zero-order chi connectivity index (χ0) is 13.2. The Bertz CT molecular complexity index is 446. The van der Waals surface area contributed by atoms with Gasteiger partial charge in [-0.1, -0.05) is 30.7 Å². The van der Waals surface area contributed by atoms with Crippen LogP contribution >= 0.6 is 11.6 Å². The highest BCUT2D eigenvalue weighted by Crippen LogP contribution is 2.44. The van der Waals surface area contributed by atoms with E-state index in [0.29, 0.717) is 18.2 Å². The van der Waals surface area contributed by atoms with Gasteiger partial charge < -0.3 is 10.5 Å². The topological polar surface area (TPSA) is 35.2 Å². The van der Waals surface area contributed by atoms with Crippen molar-refractivity contribution in [2.45, 2.75) is 31.6 Å². The van der Waals surface area contributed by atoms with Crippen LogP contribution in [0.15, 0.2) is 30.4 Å². The van der Waals surface area contributed by atoms with Gasteiger partial charge >= 0.3 is 0 Å². The average molecular weight is 266 g/mol. The Morgan fingerprint density at radius 3 is 2.67 bits per heavy atom. The van der Waals surface area contributed by atoms with Crippen molar-refractivity contribution < 1.29 is 4.74 Å². The molecule has 0 spiro atoms. The molecule has 1 aliphatic carbocycles. The molecule has 0 radical (unpaired) electrons. The average Bonchev–Trinajstić information content (AvgIpc) is 2.27. The summed E-state index contributed by atoms with van der Waals surface area (Å²) in [5.41, 5.74) is 8.27. The summed E-state index contributed by atoms with van der Waals surface area (Å²) >= 11 is 6.26. The smallest absolute Gasteiger partial charge is 0.138 e. The molecule has 1 aliphatic rings. The number of nitrogens with two attached hydrogens (primary N) is 1. The van der Waals surface area contributed by atoms with Gasteiger partial charge in [0.1, 0.15) is 12.4 Å². The molecule has 2 rings (SSSR count). The van der Waals surface area contributed by atoms with Gasteiger partial charge in [-0.15, -0.1) is 0 Å². The summed E-state index contributed by atoms with van der Waals surface area (Å²) in [6.07, 6.45) is 3.57. The molecule has 1 aromatic carbocycles. The van der Waals surface area contributed by atoms with Gasteiger partial charge in [-0.25, -0.2) is 0 Å². The van der Waals surface area contributed by atoms with E-state index in [1.165, 1.54) is 12.0 Å².